The van der Waals surface area contributed by atoms with Crippen LogP contribution in [-0.4, -0.2) is 38.9 Å². The van der Waals surface area contributed by atoms with Gasteiger partial charge in [-0.1, -0.05) is 49.3 Å². The van der Waals surface area contributed by atoms with E-state index in [2.05, 4.69) is 34.7 Å². The summed E-state index contributed by atoms with van der Waals surface area (Å²) in [4.78, 5) is 24.8. The molecule has 13 heteroatoms. The number of nitrogens with one attached hydrogen (secondary N) is 2. The molecule has 1 heterocycles. The van der Waals surface area contributed by atoms with Gasteiger partial charge in [-0.2, -0.15) is 13.2 Å². The molecule has 1 aromatic heterocycles. The standard InChI is InChI=1S/C26H29ClF3N5O3S/c1-5-35-22(12-31-23(36)13-38-21-10-16(4)6-8-18(21)15(2)3)33-34-25(35)39-14-24(37)32-20-11-17(26(28,29)30)7-9-19(20)27/h6-11,15H,5,12-14H2,1-4H3,(H,31,36)(H,32,37). The fraction of sp³-hybridized carbons (Fsp3) is 0.385. The van der Waals surface area contributed by atoms with Crippen molar-refractivity contribution in [3.63, 3.8) is 0 Å². The number of hydrogen-bond acceptors (Lipinski definition) is 6. The van der Waals surface area contributed by atoms with Crippen LogP contribution < -0.4 is 15.4 Å². The first-order valence-electron chi connectivity index (χ1n) is 12.1. The summed E-state index contributed by atoms with van der Waals surface area (Å²) in [7, 11) is 0. The Labute approximate surface area is 233 Å². The molecule has 8 nitrogen and oxygen atoms in total. The van der Waals surface area contributed by atoms with Crippen LogP contribution in [0.4, 0.5) is 18.9 Å². The Morgan fingerprint density at radius 1 is 1.13 bits per heavy atom. The maximum atomic E-state index is 13.0. The highest BCUT2D eigenvalue weighted by atomic mass is 35.5. The molecule has 0 unspecified atom stereocenters. The van der Waals surface area contributed by atoms with Crippen LogP contribution in [0.15, 0.2) is 41.6 Å². The summed E-state index contributed by atoms with van der Waals surface area (Å²) in [5.74, 6) is 0.360. The number of halogens is 4. The molecule has 0 atom stereocenters. The Balaban J connectivity index is 1.55. The summed E-state index contributed by atoms with van der Waals surface area (Å²) in [6, 6.07) is 8.60. The third-order valence-corrected chi connectivity index (χ3v) is 6.90. The van der Waals surface area contributed by atoms with Gasteiger partial charge >= 0.3 is 6.18 Å². The molecular weight excluding hydrogens is 555 g/mol. The molecule has 3 rings (SSSR count). The van der Waals surface area contributed by atoms with E-state index in [0.717, 1.165) is 41.1 Å². The van der Waals surface area contributed by atoms with Gasteiger partial charge in [-0.3, -0.25) is 9.59 Å². The molecule has 2 N–H and O–H groups in total. The molecule has 3 aromatic rings. The van der Waals surface area contributed by atoms with Gasteiger partial charge < -0.3 is 19.9 Å². The average molecular weight is 584 g/mol. The van der Waals surface area contributed by atoms with E-state index < -0.39 is 17.6 Å². The van der Waals surface area contributed by atoms with E-state index in [0.29, 0.717) is 23.3 Å². The zero-order chi connectivity index (χ0) is 28.7. The van der Waals surface area contributed by atoms with Gasteiger partial charge in [-0.05, 0) is 55.2 Å². The summed E-state index contributed by atoms with van der Waals surface area (Å²) in [6.07, 6.45) is -4.56. The highest BCUT2D eigenvalue weighted by molar-refractivity contribution is 7.99. The molecule has 0 aliphatic rings. The minimum absolute atomic E-state index is 0.0112. The van der Waals surface area contributed by atoms with Gasteiger partial charge in [0, 0.05) is 6.54 Å². The van der Waals surface area contributed by atoms with Crippen molar-refractivity contribution in [3.05, 3.63) is 63.9 Å². The van der Waals surface area contributed by atoms with Gasteiger partial charge in [0.2, 0.25) is 5.91 Å². The summed E-state index contributed by atoms with van der Waals surface area (Å²) in [5.41, 5.74) is 0.991. The molecule has 0 fully saturated rings. The van der Waals surface area contributed by atoms with E-state index >= 15 is 0 Å². The SMILES string of the molecule is CCn1c(CNC(=O)COc2cc(C)ccc2C(C)C)nnc1SCC(=O)Nc1cc(C(F)(F)F)ccc1Cl. The maximum Gasteiger partial charge on any atom is 0.416 e. The number of carbonyl (C=O) groups excluding carboxylic acids is 2. The lowest BCUT2D eigenvalue weighted by Crippen LogP contribution is -2.29. The summed E-state index contributed by atoms with van der Waals surface area (Å²) in [6.45, 7) is 8.32. The van der Waals surface area contributed by atoms with Crippen LogP contribution in [-0.2, 0) is 28.9 Å². The first-order valence-corrected chi connectivity index (χ1v) is 13.5. The molecule has 2 aromatic carbocycles. The van der Waals surface area contributed by atoms with E-state index in [1.54, 1.807) is 4.57 Å². The van der Waals surface area contributed by atoms with Crippen molar-refractivity contribution in [1.29, 1.82) is 0 Å². The van der Waals surface area contributed by atoms with Gasteiger partial charge in [-0.15, -0.1) is 10.2 Å². The van der Waals surface area contributed by atoms with Crippen molar-refractivity contribution < 1.29 is 27.5 Å². The van der Waals surface area contributed by atoms with Gasteiger partial charge in [0.05, 0.1) is 28.6 Å². The number of amides is 2. The summed E-state index contributed by atoms with van der Waals surface area (Å²) < 4.78 is 46.4. The molecule has 0 spiro atoms. The van der Waals surface area contributed by atoms with Crippen molar-refractivity contribution in [3.8, 4) is 5.75 Å². The predicted molar refractivity (Wildman–Crippen MR) is 144 cm³/mol. The number of thioether (sulfide) groups is 1. The Morgan fingerprint density at radius 2 is 1.87 bits per heavy atom. The number of alkyl halides is 3. The predicted octanol–water partition coefficient (Wildman–Crippen LogP) is 5.83. The zero-order valence-corrected chi connectivity index (χ0v) is 23.4. The van der Waals surface area contributed by atoms with Crippen molar-refractivity contribution in [2.24, 2.45) is 0 Å². The lowest BCUT2D eigenvalue weighted by Gasteiger charge is -2.15. The highest BCUT2D eigenvalue weighted by Crippen LogP contribution is 2.34. The van der Waals surface area contributed by atoms with E-state index in [4.69, 9.17) is 16.3 Å². The Morgan fingerprint density at radius 3 is 2.54 bits per heavy atom. The molecular formula is C26H29ClF3N5O3S. The second-order valence-corrected chi connectivity index (χ2v) is 10.3. The molecule has 0 saturated carbocycles. The molecule has 39 heavy (non-hydrogen) atoms. The van der Waals surface area contributed by atoms with Crippen LogP contribution in [0.3, 0.4) is 0 Å². The molecule has 0 radical (unpaired) electrons. The fourth-order valence-electron chi connectivity index (χ4n) is 3.60. The third-order valence-electron chi connectivity index (χ3n) is 5.60. The van der Waals surface area contributed by atoms with E-state index in [-0.39, 0.29) is 41.4 Å². The van der Waals surface area contributed by atoms with Crippen LogP contribution in [0.5, 0.6) is 5.75 Å². The second-order valence-electron chi connectivity index (χ2n) is 8.93. The van der Waals surface area contributed by atoms with E-state index in [9.17, 15) is 22.8 Å². The number of rotatable bonds is 11. The number of benzene rings is 2. The van der Waals surface area contributed by atoms with Crippen molar-refractivity contribution >= 4 is 40.9 Å². The van der Waals surface area contributed by atoms with Crippen molar-refractivity contribution in [2.45, 2.75) is 58.0 Å². The van der Waals surface area contributed by atoms with Crippen molar-refractivity contribution in [2.75, 3.05) is 17.7 Å². The average Bonchev–Trinajstić information content (AvgIpc) is 3.27. The van der Waals surface area contributed by atoms with Crippen LogP contribution in [0, 0.1) is 6.92 Å². The first-order chi connectivity index (χ1) is 18.4. The van der Waals surface area contributed by atoms with Crippen molar-refractivity contribution in [1.82, 2.24) is 20.1 Å². The van der Waals surface area contributed by atoms with Gasteiger partial charge in [0.1, 0.15) is 5.75 Å². The monoisotopic (exact) mass is 583 g/mol. The van der Waals surface area contributed by atoms with Crippen LogP contribution >= 0.6 is 23.4 Å². The number of nitrogens with zero attached hydrogens (tertiary/aromatic N) is 3. The topological polar surface area (TPSA) is 98.1 Å². The number of aromatic nitrogens is 3. The molecule has 0 bridgehead atoms. The number of ether oxygens (including phenoxy) is 1. The van der Waals surface area contributed by atoms with Crippen LogP contribution in [0.1, 0.15) is 49.2 Å². The third kappa shape index (κ3) is 8.37. The number of carbonyl (C=O) groups is 2. The molecule has 210 valence electrons. The smallest absolute Gasteiger partial charge is 0.416 e. The molecule has 2 amide bonds. The normalized spacial score (nSPS) is 11.5. The quantitative estimate of drug-likeness (QED) is 0.276. The minimum Gasteiger partial charge on any atom is -0.483 e. The fourth-order valence-corrected chi connectivity index (χ4v) is 4.59. The highest BCUT2D eigenvalue weighted by Gasteiger charge is 2.31. The minimum atomic E-state index is -4.56. The Hall–Kier alpha value is -3.25. The Bertz CT molecular complexity index is 1330. The molecule has 0 saturated heterocycles. The lowest BCUT2D eigenvalue weighted by atomic mass is 10.0. The summed E-state index contributed by atoms with van der Waals surface area (Å²) >= 11 is 7.00. The van der Waals surface area contributed by atoms with Crippen LogP contribution in [0.25, 0.3) is 0 Å². The van der Waals surface area contributed by atoms with Gasteiger partial charge in [0.25, 0.3) is 5.91 Å². The first kappa shape index (κ1) is 30.3. The second kappa shape index (κ2) is 13.2. The number of aryl methyl sites for hydroxylation is 1. The van der Waals surface area contributed by atoms with Gasteiger partial charge in [0.15, 0.2) is 17.6 Å². The molecule has 0 aliphatic heterocycles. The Kier molecular flexibility index (Phi) is 10.3. The van der Waals surface area contributed by atoms with Crippen LogP contribution in [0.2, 0.25) is 5.02 Å². The number of hydrogen-bond donors (Lipinski definition) is 2. The van der Waals surface area contributed by atoms with E-state index in [1.807, 2.05) is 32.0 Å². The number of anilines is 1. The summed E-state index contributed by atoms with van der Waals surface area (Å²) in [5, 5.41) is 13.7. The maximum absolute atomic E-state index is 13.0. The van der Waals surface area contributed by atoms with E-state index in [1.165, 1.54) is 0 Å². The molecule has 0 aliphatic carbocycles. The zero-order valence-electron chi connectivity index (χ0n) is 21.9. The largest absolute Gasteiger partial charge is 0.483 e. The lowest BCUT2D eigenvalue weighted by molar-refractivity contribution is -0.137. The van der Waals surface area contributed by atoms with Gasteiger partial charge in [-0.25, -0.2) is 0 Å².